The molecule has 24 heavy (non-hydrogen) atoms. The van der Waals surface area contributed by atoms with E-state index in [1.54, 1.807) is 5.01 Å². The summed E-state index contributed by atoms with van der Waals surface area (Å²) in [5.41, 5.74) is 0.326. The number of benzene rings is 1. The number of carbonyl (C=O) groups excluding carboxylic acids is 1. The Bertz CT molecular complexity index is 673. The van der Waals surface area contributed by atoms with Crippen molar-refractivity contribution in [2.75, 3.05) is 26.3 Å². The zero-order chi connectivity index (χ0) is 16.1. The lowest BCUT2D eigenvalue weighted by Crippen LogP contribution is -2.68. The summed E-state index contributed by atoms with van der Waals surface area (Å²) >= 11 is 0. The first-order valence-corrected chi connectivity index (χ1v) is 8.95. The number of fused-ring (bicyclic) bond motifs is 5. The van der Waals surface area contributed by atoms with Crippen molar-refractivity contribution in [2.45, 2.75) is 31.0 Å². The molecule has 0 radical (unpaired) electrons. The summed E-state index contributed by atoms with van der Waals surface area (Å²) in [7, 11) is 0. The third-order valence-electron chi connectivity index (χ3n) is 6.29. The van der Waals surface area contributed by atoms with E-state index in [4.69, 9.17) is 4.74 Å². The van der Waals surface area contributed by atoms with Crippen molar-refractivity contribution < 1.29 is 9.53 Å². The molecule has 6 nitrogen and oxygen atoms in total. The van der Waals surface area contributed by atoms with Gasteiger partial charge >= 0.3 is 0 Å². The van der Waals surface area contributed by atoms with Crippen LogP contribution in [0.2, 0.25) is 0 Å². The van der Waals surface area contributed by atoms with Gasteiger partial charge in [-0.3, -0.25) is 9.69 Å². The molecule has 3 fully saturated rings. The fourth-order valence-electron chi connectivity index (χ4n) is 5.34. The summed E-state index contributed by atoms with van der Waals surface area (Å²) in [4.78, 5) is 15.7. The molecule has 5 rings (SSSR count). The fourth-order valence-corrected chi connectivity index (χ4v) is 5.34. The van der Waals surface area contributed by atoms with E-state index in [1.165, 1.54) is 19.3 Å². The predicted octanol–water partition coefficient (Wildman–Crippen LogP) is 2.34. The van der Waals surface area contributed by atoms with Gasteiger partial charge in [0.1, 0.15) is 11.7 Å². The lowest BCUT2D eigenvalue weighted by molar-refractivity contribution is -0.108. The lowest BCUT2D eigenvalue weighted by atomic mass is 9.82. The molecule has 4 aliphatic rings. The normalized spacial score (nSPS) is 37.8. The Hall–Kier alpha value is -1.79. The summed E-state index contributed by atoms with van der Waals surface area (Å²) in [6, 6.07) is 9.60. The van der Waals surface area contributed by atoms with Crippen LogP contribution in [0.3, 0.4) is 0 Å². The molecule has 1 saturated heterocycles. The van der Waals surface area contributed by atoms with Crippen molar-refractivity contribution >= 4 is 5.91 Å². The molecule has 1 aromatic rings. The molecular formula is C18H22N4O2. The van der Waals surface area contributed by atoms with Gasteiger partial charge in [0.2, 0.25) is 0 Å². The van der Waals surface area contributed by atoms with Crippen molar-refractivity contribution in [2.24, 2.45) is 22.2 Å². The van der Waals surface area contributed by atoms with Gasteiger partial charge in [0.05, 0.1) is 13.2 Å². The van der Waals surface area contributed by atoms with E-state index < -0.39 is 0 Å². The van der Waals surface area contributed by atoms with Gasteiger partial charge in [-0.15, -0.1) is 0 Å². The maximum absolute atomic E-state index is 13.2. The lowest BCUT2D eigenvalue weighted by Gasteiger charge is -2.50. The second-order valence-corrected chi connectivity index (χ2v) is 7.29. The number of hydrogen-bond acceptors (Lipinski definition) is 5. The highest BCUT2D eigenvalue weighted by Crippen LogP contribution is 2.59. The van der Waals surface area contributed by atoms with E-state index in [-0.39, 0.29) is 17.6 Å². The number of hydrogen-bond donors (Lipinski definition) is 0. The Balaban J connectivity index is 1.57. The van der Waals surface area contributed by atoms with Gasteiger partial charge in [0, 0.05) is 24.6 Å². The van der Waals surface area contributed by atoms with Crippen molar-refractivity contribution in [3.8, 4) is 0 Å². The van der Waals surface area contributed by atoms with Crippen molar-refractivity contribution in [1.29, 1.82) is 0 Å². The van der Waals surface area contributed by atoms with Crippen LogP contribution in [0.25, 0.3) is 0 Å². The van der Waals surface area contributed by atoms with E-state index >= 15 is 0 Å². The average molecular weight is 326 g/mol. The van der Waals surface area contributed by atoms with Crippen LogP contribution in [0.15, 0.2) is 40.7 Å². The fraction of sp³-hybridized carbons (Fsp3) is 0.611. The highest BCUT2D eigenvalue weighted by molar-refractivity contribution is 5.94. The Morgan fingerprint density at radius 3 is 2.75 bits per heavy atom. The monoisotopic (exact) mass is 326 g/mol. The highest BCUT2D eigenvalue weighted by Gasteiger charge is 2.68. The van der Waals surface area contributed by atoms with E-state index in [0.29, 0.717) is 17.4 Å². The summed E-state index contributed by atoms with van der Waals surface area (Å²) in [5, 5.41) is 10.7. The molecule has 2 heterocycles. The molecule has 0 aromatic heterocycles. The Morgan fingerprint density at radius 2 is 1.96 bits per heavy atom. The van der Waals surface area contributed by atoms with Gasteiger partial charge in [-0.05, 0) is 37.3 Å². The molecule has 4 atom stereocenters. The molecule has 2 aliphatic carbocycles. The smallest absolute Gasteiger partial charge is 0.277 e. The van der Waals surface area contributed by atoms with Gasteiger partial charge in [0.25, 0.3) is 5.91 Å². The average Bonchev–Trinajstić information content (AvgIpc) is 3.34. The topological polar surface area (TPSA) is 57.5 Å². The Kier molecular flexibility index (Phi) is 3.25. The molecule has 126 valence electrons. The van der Waals surface area contributed by atoms with Gasteiger partial charge < -0.3 is 4.74 Å². The second kappa shape index (κ2) is 5.36. The minimum absolute atomic E-state index is 0.0270. The van der Waals surface area contributed by atoms with Gasteiger partial charge in [-0.1, -0.05) is 23.4 Å². The molecule has 2 saturated carbocycles. The Labute approximate surface area is 141 Å². The second-order valence-electron chi connectivity index (χ2n) is 7.29. The first-order valence-electron chi connectivity index (χ1n) is 8.95. The first-order chi connectivity index (χ1) is 11.8. The molecule has 0 unspecified atom stereocenters. The van der Waals surface area contributed by atoms with E-state index in [1.807, 2.05) is 30.3 Å². The SMILES string of the molecule is O=C(c1ccccc1)N1N=N[C@@H]2[C@H]3CC[C@H](C3)[C@@]21N1CCOCC1. The molecule has 0 N–H and O–H groups in total. The minimum Gasteiger partial charge on any atom is -0.379 e. The van der Waals surface area contributed by atoms with Crippen LogP contribution in [0.1, 0.15) is 29.6 Å². The maximum atomic E-state index is 13.2. The first kappa shape index (κ1) is 14.5. The van der Waals surface area contributed by atoms with Crippen LogP contribution < -0.4 is 0 Å². The number of nitrogens with zero attached hydrogens (tertiary/aromatic N) is 4. The summed E-state index contributed by atoms with van der Waals surface area (Å²) in [5.74, 6) is 1.00. The third-order valence-corrected chi connectivity index (χ3v) is 6.29. The molecular weight excluding hydrogens is 304 g/mol. The van der Waals surface area contributed by atoms with E-state index in [2.05, 4.69) is 15.2 Å². The van der Waals surface area contributed by atoms with Crippen LogP contribution in [0.5, 0.6) is 0 Å². The number of carbonyl (C=O) groups is 1. The molecule has 0 spiro atoms. The van der Waals surface area contributed by atoms with Crippen molar-refractivity contribution in [3.05, 3.63) is 35.9 Å². The number of ether oxygens (including phenoxy) is 1. The van der Waals surface area contributed by atoms with Crippen molar-refractivity contribution in [1.82, 2.24) is 9.91 Å². The van der Waals surface area contributed by atoms with Crippen LogP contribution in [-0.4, -0.2) is 53.8 Å². The molecule has 6 heteroatoms. The summed E-state index contributed by atoms with van der Waals surface area (Å²) in [6.45, 7) is 3.14. The van der Waals surface area contributed by atoms with Crippen LogP contribution >= 0.6 is 0 Å². The molecule has 2 bridgehead atoms. The molecule has 2 aliphatic heterocycles. The highest BCUT2D eigenvalue weighted by atomic mass is 16.5. The minimum atomic E-state index is -0.361. The number of morpholine rings is 1. The quantitative estimate of drug-likeness (QED) is 0.838. The zero-order valence-electron chi connectivity index (χ0n) is 13.7. The molecule has 1 amide bonds. The summed E-state index contributed by atoms with van der Waals surface area (Å²) in [6.07, 6.45) is 3.55. The van der Waals surface area contributed by atoms with Gasteiger partial charge in [-0.2, -0.15) is 10.1 Å². The standard InChI is InChI=1S/C18H22N4O2/c23-17(13-4-2-1-3-5-13)22-18(21-8-10-24-11-9-21)15-7-6-14(12-15)16(18)19-20-22/h1-5,14-16H,6-12H2/t14-,15+,16+,18-/m0/s1. The van der Waals surface area contributed by atoms with Crippen LogP contribution in [-0.2, 0) is 4.74 Å². The zero-order valence-corrected chi connectivity index (χ0v) is 13.7. The summed E-state index contributed by atoms with van der Waals surface area (Å²) < 4.78 is 5.56. The largest absolute Gasteiger partial charge is 0.379 e. The Morgan fingerprint density at radius 1 is 1.17 bits per heavy atom. The van der Waals surface area contributed by atoms with Gasteiger partial charge in [0.15, 0.2) is 0 Å². The van der Waals surface area contributed by atoms with Crippen molar-refractivity contribution in [3.63, 3.8) is 0 Å². The maximum Gasteiger partial charge on any atom is 0.277 e. The van der Waals surface area contributed by atoms with E-state index in [0.717, 1.165) is 26.3 Å². The third kappa shape index (κ3) is 1.81. The van der Waals surface area contributed by atoms with Gasteiger partial charge in [-0.25, -0.2) is 0 Å². The number of amides is 1. The predicted molar refractivity (Wildman–Crippen MR) is 87.2 cm³/mol. The molecule has 1 aromatic carbocycles. The van der Waals surface area contributed by atoms with Crippen LogP contribution in [0, 0.1) is 11.8 Å². The number of rotatable bonds is 2. The van der Waals surface area contributed by atoms with E-state index in [9.17, 15) is 4.79 Å². The van der Waals surface area contributed by atoms with Crippen LogP contribution in [0.4, 0.5) is 0 Å².